The standard InChI is InChI=1S/C22H25ClO4/c1-4-22(2,3)17-6-9-19(10-7-17)26-13-14-27-20-11-8-18(23)15-16(20)5-12-21(24)25/h5-12,15H,4,13-14H2,1-3H3,(H,24,25). The quantitative estimate of drug-likeness (QED) is 0.449. The van der Waals surface area contributed by atoms with Gasteiger partial charge in [-0.1, -0.05) is 44.5 Å². The molecule has 0 aliphatic rings. The molecule has 0 unspecified atom stereocenters. The van der Waals surface area contributed by atoms with Crippen molar-refractivity contribution in [1.29, 1.82) is 0 Å². The third-order valence-corrected chi connectivity index (χ3v) is 4.74. The fourth-order valence-electron chi connectivity index (χ4n) is 2.46. The largest absolute Gasteiger partial charge is 0.490 e. The number of aliphatic carboxylic acids is 1. The summed E-state index contributed by atoms with van der Waals surface area (Å²) < 4.78 is 11.4. The minimum atomic E-state index is -1.03. The van der Waals surface area contributed by atoms with E-state index < -0.39 is 5.97 Å². The molecule has 0 saturated carbocycles. The third-order valence-electron chi connectivity index (χ3n) is 4.51. The van der Waals surface area contributed by atoms with E-state index in [9.17, 15) is 4.79 Å². The van der Waals surface area contributed by atoms with Crippen LogP contribution in [0.1, 0.15) is 38.3 Å². The van der Waals surface area contributed by atoms with Gasteiger partial charge < -0.3 is 14.6 Å². The maximum absolute atomic E-state index is 10.7. The molecule has 0 aromatic heterocycles. The fraction of sp³-hybridized carbons (Fsp3) is 0.318. The van der Waals surface area contributed by atoms with Crippen LogP contribution in [0.2, 0.25) is 5.02 Å². The molecule has 2 aromatic carbocycles. The summed E-state index contributed by atoms with van der Waals surface area (Å²) in [5.74, 6) is 0.316. The Labute approximate surface area is 165 Å². The molecule has 0 aliphatic heterocycles. The molecular formula is C22H25ClO4. The van der Waals surface area contributed by atoms with Crippen molar-refractivity contribution < 1.29 is 19.4 Å². The van der Waals surface area contributed by atoms with Crippen LogP contribution in [0.5, 0.6) is 11.5 Å². The molecule has 2 rings (SSSR count). The summed E-state index contributed by atoms with van der Waals surface area (Å²) >= 11 is 5.97. The van der Waals surface area contributed by atoms with E-state index in [1.165, 1.54) is 11.6 Å². The normalized spacial score (nSPS) is 11.6. The van der Waals surface area contributed by atoms with Gasteiger partial charge in [-0.3, -0.25) is 0 Å². The number of halogens is 1. The molecule has 144 valence electrons. The lowest BCUT2D eigenvalue weighted by molar-refractivity contribution is -0.131. The molecule has 0 spiro atoms. The van der Waals surface area contributed by atoms with E-state index in [2.05, 4.69) is 32.9 Å². The second-order valence-electron chi connectivity index (χ2n) is 6.81. The van der Waals surface area contributed by atoms with E-state index in [0.29, 0.717) is 29.5 Å². The van der Waals surface area contributed by atoms with Gasteiger partial charge in [-0.05, 0) is 53.8 Å². The third kappa shape index (κ3) is 6.33. The molecule has 4 nitrogen and oxygen atoms in total. The van der Waals surface area contributed by atoms with E-state index in [-0.39, 0.29) is 5.41 Å². The van der Waals surface area contributed by atoms with Gasteiger partial charge in [0, 0.05) is 16.7 Å². The van der Waals surface area contributed by atoms with Crippen LogP contribution < -0.4 is 9.47 Å². The number of ether oxygens (including phenoxy) is 2. The van der Waals surface area contributed by atoms with Gasteiger partial charge >= 0.3 is 5.97 Å². The van der Waals surface area contributed by atoms with E-state index in [1.807, 2.05) is 12.1 Å². The van der Waals surface area contributed by atoms with Crippen LogP contribution in [-0.4, -0.2) is 24.3 Å². The highest BCUT2D eigenvalue weighted by atomic mass is 35.5. The number of carboxylic acids is 1. The maximum Gasteiger partial charge on any atom is 0.328 e. The van der Waals surface area contributed by atoms with Gasteiger partial charge in [-0.25, -0.2) is 4.79 Å². The van der Waals surface area contributed by atoms with E-state index in [1.54, 1.807) is 18.2 Å². The van der Waals surface area contributed by atoms with Gasteiger partial charge in [0.2, 0.25) is 0 Å². The number of benzene rings is 2. The summed E-state index contributed by atoms with van der Waals surface area (Å²) in [5, 5.41) is 9.29. The minimum Gasteiger partial charge on any atom is -0.490 e. The van der Waals surface area contributed by atoms with Gasteiger partial charge in [0.05, 0.1) is 0 Å². The number of hydrogen-bond donors (Lipinski definition) is 1. The lowest BCUT2D eigenvalue weighted by Crippen LogP contribution is -2.15. The van der Waals surface area contributed by atoms with Crippen molar-refractivity contribution in [1.82, 2.24) is 0 Å². The summed E-state index contributed by atoms with van der Waals surface area (Å²) in [5.41, 5.74) is 2.04. The van der Waals surface area contributed by atoms with Crippen molar-refractivity contribution in [3.63, 3.8) is 0 Å². The van der Waals surface area contributed by atoms with Crippen molar-refractivity contribution in [2.24, 2.45) is 0 Å². The van der Waals surface area contributed by atoms with Gasteiger partial charge in [0.25, 0.3) is 0 Å². The van der Waals surface area contributed by atoms with Crippen LogP contribution >= 0.6 is 11.6 Å². The van der Waals surface area contributed by atoms with Crippen molar-refractivity contribution in [2.45, 2.75) is 32.6 Å². The zero-order chi connectivity index (χ0) is 19.9. The zero-order valence-electron chi connectivity index (χ0n) is 15.9. The van der Waals surface area contributed by atoms with Crippen LogP contribution in [0.3, 0.4) is 0 Å². The van der Waals surface area contributed by atoms with Crippen molar-refractivity contribution in [3.05, 3.63) is 64.7 Å². The summed E-state index contributed by atoms with van der Waals surface area (Å²) in [7, 11) is 0. The highest BCUT2D eigenvalue weighted by Gasteiger charge is 2.17. The van der Waals surface area contributed by atoms with Gasteiger partial charge in [0.1, 0.15) is 24.7 Å². The smallest absolute Gasteiger partial charge is 0.328 e. The Bertz CT molecular complexity index is 794. The number of rotatable bonds is 9. The van der Waals surface area contributed by atoms with Gasteiger partial charge in [-0.15, -0.1) is 0 Å². The number of hydrogen-bond acceptors (Lipinski definition) is 3. The van der Waals surface area contributed by atoms with Crippen LogP contribution in [0.15, 0.2) is 48.5 Å². The van der Waals surface area contributed by atoms with Crippen molar-refractivity contribution in [2.75, 3.05) is 13.2 Å². The number of carbonyl (C=O) groups is 1. The SMILES string of the molecule is CCC(C)(C)c1ccc(OCCOc2ccc(Cl)cc2C=CC(=O)O)cc1. The first-order chi connectivity index (χ1) is 12.8. The molecule has 1 N–H and O–H groups in total. The second-order valence-corrected chi connectivity index (χ2v) is 7.25. The molecule has 0 aliphatic carbocycles. The van der Waals surface area contributed by atoms with Crippen LogP contribution in [0, 0.1) is 0 Å². The molecule has 0 atom stereocenters. The molecule has 0 saturated heterocycles. The summed E-state index contributed by atoms with van der Waals surface area (Å²) in [6, 6.07) is 13.2. The van der Waals surface area contributed by atoms with Crippen LogP contribution in [-0.2, 0) is 10.2 Å². The fourth-order valence-corrected chi connectivity index (χ4v) is 2.64. The molecule has 2 aromatic rings. The van der Waals surface area contributed by atoms with Crippen LogP contribution in [0.4, 0.5) is 0 Å². The Morgan fingerprint density at radius 1 is 1.11 bits per heavy atom. The highest BCUT2D eigenvalue weighted by molar-refractivity contribution is 6.30. The summed E-state index contributed by atoms with van der Waals surface area (Å²) in [6.07, 6.45) is 3.58. The highest BCUT2D eigenvalue weighted by Crippen LogP contribution is 2.28. The van der Waals surface area contributed by atoms with E-state index in [0.717, 1.165) is 18.2 Å². The first kappa shape index (κ1) is 20.8. The Hall–Kier alpha value is -2.46. The Kier molecular flexibility index (Phi) is 7.31. The Morgan fingerprint density at radius 3 is 2.41 bits per heavy atom. The Morgan fingerprint density at radius 2 is 1.78 bits per heavy atom. The number of carboxylic acid groups (broad SMARTS) is 1. The van der Waals surface area contributed by atoms with E-state index in [4.69, 9.17) is 26.2 Å². The average Bonchev–Trinajstić information content (AvgIpc) is 2.65. The second kappa shape index (κ2) is 9.47. The first-order valence-electron chi connectivity index (χ1n) is 8.88. The molecule has 0 amide bonds. The van der Waals surface area contributed by atoms with Crippen LogP contribution in [0.25, 0.3) is 6.08 Å². The lowest BCUT2D eigenvalue weighted by atomic mass is 9.82. The minimum absolute atomic E-state index is 0.149. The molecule has 0 radical (unpaired) electrons. The molecule has 0 bridgehead atoms. The predicted octanol–water partition coefficient (Wildman–Crippen LogP) is 5.58. The molecule has 27 heavy (non-hydrogen) atoms. The predicted molar refractivity (Wildman–Crippen MR) is 109 cm³/mol. The van der Waals surface area contributed by atoms with E-state index >= 15 is 0 Å². The van der Waals surface area contributed by atoms with Gasteiger partial charge in [-0.2, -0.15) is 0 Å². The topological polar surface area (TPSA) is 55.8 Å². The molecule has 0 heterocycles. The monoisotopic (exact) mass is 388 g/mol. The lowest BCUT2D eigenvalue weighted by Gasteiger charge is -2.23. The summed E-state index contributed by atoms with van der Waals surface area (Å²) in [4.78, 5) is 10.7. The maximum atomic E-state index is 10.7. The summed E-state index contributed by atoms with van der Waals surface area (Å²) in [6.45, 7) is 7.33. The molecular weight excluding hydrogens is 364 g/mol. The van der Waals surface area contributed by atoms with Crippen molar-refractivity contribution in [3.8, 4) is 11.5 Å². The van der Waals surface area contributed by atoms with Gasteiger partial charge in [0.15, 0.2) is 0 Å². The van der Waals surface area contributed by atoms with Crippen molar-refractivity contribution >= 4 is 23.6 Å². The molecule has 5 heteroatoms. The average molecular weight is 389 g/mol. The molecule has 0 fully saturated rings. The Balaban J connectivity index is 1.91. The first-order valence-corrected chi connectivity index (χ1v) is 9.26. The zero-order valence-corrected chi connectivity index (χ0v) is 16.6.